The monoisotopic (exact) mass is 171 g/mol. The predicted octanol–water partition coefficient (Wildman–Crippen LogP) is 1.78. The quantitative estimate of drug-likeness (QED) is 0.701. The molecule has 62 valence electrons. The minimum Gasteiger partial charge on any atom is -0.484 e. The van der Waals surface area contributed by atoms with Crippen LogP contribution in [0.1, 0.15) is 11.3 Å². The van der Waals surface area contributed by atoms with E-state index in [4.69, 9.17) is 10.5 Å². The van der Waals surface area contributed by atoms with Crippen molar-refractivity contribution in [3.63, 3.8) is 0 Å². The number of nitrogens with two attached hydrogens (primary N) is 1. The standard InChI is InChI=1S/C8H13NOS/c1-7-3-4-8(11-7)10-6-2-5-9/h3-4H,2,5-6,9H2,1H3. The van der Waals surface area contributed by atoms with Crippen LogP contribution in [0.15, 0.2) is 12.1 Å². The summed E-state index contributed by atoms with van der Waals surface area (Å²) in [6.45, 7) is 3.50. The molecule has 0 atom stereocenters. The normalized spacial score (nSPS) is 10.0. The summed E-state index contributed by atoms with van der Waals surface area (Å²) in [5.74, 6) is 0. The Morgan fingerprint density at radius 3 is 2.91 bits per heavy atom. The highest BCUT2D eigenvalue weighted by Crippen LogP contribution is 2.23. The van der Waals surface area contributed by atoms with Crippen molar-refractivity contribution in [2.75, 3.05) is 13.2 Å². The Bertz CT molecular complexity index is 210. The molecule has 1 rings (SSSR count). The zero-order chi connectivity index (χ0) is 8.10. The Balaban J connectivity index is 2.27. The Kier molecular flexibility index (Phi) is 3.39. The highest BCUT2D eigenvalue weighted by molar-refractivity contribution is 7.13. The van der Waals surface area contributed by atoms with E-state index in [9.17, 15) is 0 Å². The van der Waals surface area contributed by atoms with Crippen molar-refractivity contribution in [2.24, 2.45) is 5.73 Å². The molecule has 2 nitrogen and oxygen atoms in total. The van der Waals surface area contributed by atoms with Gasteiger partial charge in [-0.3, -0.25) is 0 Å². The van der Waals surface area contributed by atoms with Gasteiger partial charge < -0.3 is 10.5 Å². The fraction of sp³-hybridized carbons (Fsp3) is 0.500. The van der Waals surface area contributed by atoms with Gasteiger partial charge in [0.25, 0.3) is 0 Å². The van der Waals surface area contributed by atoms with Crippen molar-refractivity contribution in [2.45, 2.75) is 13.3 Å². The minimum absolute atomic E-state index is 0.699. The Labute approximate surface area is 71.0 Å². The van der Waals surface area contributed by atoms with Crippen molar-refractivity contribution in [1.29, 1.82) is 0 Å². The molecule has 0 bridgehead atoms. The maximum absolute atomic E-state index is 5.41. The third-order valence-corrected chi connectivity index (χ3v) is 2.22. The predicted molar refractivity (Wildman–Crippen MR) is 48.2 cm³/mol. The van der Waals surface area contributed by atoms with Gasteiger partial charge in [-0.15, -0.1) is 11.3 Å². The van der Waals surface area contributed by atoms with Crippen LogP contribution in [0.5, 0.6) is 5.06 Å². The fourth-order valence-corrected chi connectivity index (χ4v) is 1.48. The number of hydrogen-bond acceptors (Lipinski definition) is 3. The van der Waals surface area contributed by atoms with Crippen molar-refractivity contribution in [3.05, 3.63) is 17.0 Å². The first-order valence-corrected chi connectivity index (χ1v) is 4.54. The number of hydrogen-bond donors (Lipinski definition) is 1. The van der Waals surface area contributed by atoms with Crippen molar-refractivity contribution in [1.82, 2.24) is 0 Å². The largest absolute Gasteiger partial charge is 0.484 e. The third-order valence-electron chi connectivity index (χ3n) is 1.31. The van der Waals surface area contributed by atoms with Crippen LogP contribution in [0, 0.1) is 6.92 Å². The first kappa shape index (κ1) is 8.56. The second kappa shape index (κ2) is 4.36. The molecule has 0 amide bonds. The van der Waals surface area contributed by atoms with E-state index in [1.54, 1.807) is 11.3 Å². The molecule has 11 heavy (non-hydrogen) atoms. The molecule has 0 spiro atoms. The van der Waals surface area contributed by atoms with Crippen molar-refractivity contribution >= 4 is 11.3 Å². The second-order valence-electron chi connectivity index (χ2n) is 2.36. The number of ether oxygens (including phenoxy) is 1. The molecular formula is C8H13NOS. The molecule has 3 heteroatoms. The summed E-state index contributed by atoms with van der Waals surface area (Å²) in [4.78, 5) is 1.28. The van der Waals surface area contributed by atoms with Gasteiger partial charge in [0.15, 0.2) is 5.06 Å². The Hall–Kier alpha value is -0.540. The van der Waals surface area contributed by atoms with Crippen LogP contribution in [0.4, 0.5) is 0 Å². The number of rotatable bonds is 4. The van der Waals surface area contributed by atoms with Gasteiger partial charge >= 0.3 is 0 Å². The molecule has 0 aliphatic heterocycles. The lowest BCUT2D eigenvalue weighted by Gasteiger charge is -1.99. The van der Waals surface area contributed by atoms with Crippen LogP contribution in [-0.2, 0) is 0 Å². The van der Waals surface area contributed by atoms with Gasteiger partial charge in [0.05, 0.1) is 6.61 Å². The maximum atomic E-state index is 5.41. The van der Waals surface area contributed by atoms with E-state index in [0.717, 1.165) is 18.1 Å². The summed E-state index contributed by atoms with van der Waals surface area (Å²) >= 11 is 1.68. The van der Waals surface area contributed by atoms with Crippen LogP contribution in [0.3, 0.4) is 0 Å². The average Bonchev–Trinajstić information content (AvgIpc) is 2.37. The van der Waals surface area contributed by atoms with Crippen molar-refractivity contribution < 1.29 is 4.74 Å². The van der Waals surface area contributed by atoms with Crippen LogP contribution in [0.25, 0.3) is 0 Å². The lowest BCUT2D eigenvalue weighted by Crippen LogP contribution is -2.05. The molecule has 0 aliphatic rings. The first-order chi connectivity index (χ1) is 5.33. The molecule has 1 heterocycles. The van der Waals surface area contributed by atoms with E-state index in [2.05, 4.69) is 13.0 Å². The fourth-order valence-electron chi connectivity index (χ4n) is 0.746. The van der Waals surface area contributed by atoms with Gasteiger partial charge in [-0.25, -0.2) is 0 Å². The molecule has 0 saturated carbocycles. The van der Waals surface area contributed by atoms with Gasteiger partial charge in [0.1, 0.15) is 0 Å². The van der Waals surface area contributed by atoms with Crippen molar-refractivity contribution in [3.8, 4) is 5.06 Å². The molecule has 2 N–H and O–H groups in total. The number of thiophene rings is 1. The molecular weight excluding hydrogens is 158 g/mol. The smallest absolute Gasteiger partial charge is 0.173 e. The van der Waals surface area contributed by atoms with E-state index < -0.39 is 0 Å². The summed E-state index contributed by atoms with van der Waals surface area (Å²) in [6, 6.07) is 4.05. The van der Waals surface area contributed by atoms with Crippen LogP contribution in [0.2, 0.25) is 0 Å². The lowest BCUT2D eigenvalue weighted by molar-refractivity contribution is 0.322. The van der Waals surface area contributed by atoms with E-state index in [1.807, 2.05) is 6.07 Å². The molecule has 0 unspecified atom stereocenters. The van der Waals surface area contributed by atoms with Crippen LogP contribution < -0.4 is 10.5 Å². The topological polar surface area (TPSA) is 35.2 Å². The molecule has 0 saturated heterocycles. The van der Waals surface area contributed by atoms with Crippen LogP contribution in [-0.4, -0.2) is 13.2 Å². The maximum Gasteiger partial charge on any atom is 0.173 e. The Morgan fingerprint density at radius 2 is 2.36 bits per heavy atom. The summed E-state index contributed by atoms with van der Waals surface area (Å²) in [5.41, 5.74) is 5.32. The van der Waals surface area contributed by atoms with Gasteiger partial charge in [0, 0.05) is 4.88 Å². The third kappa shape index (κ3) is 2.91. The Morgan fingerprint density at radius 1 is 1.55 bits per heavy atom. The highest BCUT2D eigenvalue weighted by Gasteiger charge is 1.95. The van der Waals surface area contributed by atoms with Gasteiger partial charge in [-0.1, -0.05) is 0 Å². The van der Waals surface area contributed by atoms with E-state index in [0.29, 0.717) is 6.54 Å². The number of aryl methyl sites for hydroxylation is 1. The molecule has 0 fully saturated rings. The second-order valence-corrected chi connectivity index (χ2v) is 3.61. The van der Waals surface area contributed by atoms with Gasteiger partial charge in [-0.2, -0.15) is 0 Å². The summed E-state index contributed by atoms with van der Waals surface area (Å²) in [6.07, 6.45) is 0.928. The minimum atomic E-state index is 0.699. The average molecular weight is 171 g/mol. The van der Waals surface area contributed by atoms with Gasteiger partial charge in [-0.05, 0) is 32.0 Å². The molecule has 0 aromatic carbocycles. The summed E-state index contributed by atoms with van der Waals surface area (Å²) < 4.78 is 5.41. The molecule has 0 radical (unpaired) electrons. The SMILES string of the molecule is Cc1ccc(OCCCN)s1. The van der Waals surface area contributed by atoms with Gasteiger partial charge in [0.2, 0.25) is 0 Å². The molecule has 0 aliphatic carbocycles. The first-order valence-electron chi connectivity index (χ1n) is 3.72. The van der Waals surface area contributed by atoms with E-state index in [-0.39, 0.29) is 0 Å². The zero-order valence-corrected chi connectivity index (χ0v) is 7.49. The summed E-state index contributed by atoms with van der Waals surface area (Å²) in [5, 5.41) is 0.996. The van der Waals surface area contributed by atoms with Crippen LogP contribution >= 0.6 is 11.3 Å². The highest BCUT2D eigenvalue weighted by atomic mass is 32.1. The summed E-state index contributed by atoms with van der Waals surface area (Å²) in [7, 11) is 0. The van der Waals surface area contributed by atoms with E-state index >= 15 is 0 Å². The molecule has 1 aromatic rings. The zero-order valence-electron chi connectivity index (χ0n) is 6.67. The lowest BCUT2D eigenvalue weighted by atomic mass is 10.5. The van der Waals surface area contributed by atoms with E-state index in [1.165, 1.54) is 4.88 Å². The molecule has 1 aromatic heterocycles.